The lowest BCUT2D eigenvalue weighted by Gasteiger charge is -2.20. The third-order valence-electron chi connectivity index (χ3n) is 4.48. The van der Waals surface area contributed by atoms with Gasteiger partial charge in [0.25, 0.3) is 5.91 Å². The first-order valence-corrected chi connectivity index (χ1v) is 10.0. The quantitative estimate of drug-likeness (QED) is 0.248. The number of pyridine rings is 1. The molecule has 2 amide bonds. The molecular formula is C21H17FN6O2S. The number of primary amides is 1. The molecule has 0 aliphatic rings. The van der Waals surface area contributed by atoms with Crippen molar-refractivity contribution in [2.24, 2.45) is 5.73 Å². The smallest absolute Gasteiger partial charge is 0.252 e. The van der Waals surface area contributed by atoms with Crippen LogP contribution in [0.25, 0.3) is 10.2 Å². The molecule has 0 saturated carbocycles. The van der Waals surface area contributed by atoms with E-state index in [1.807, 2.05) is 18.2 Å². The second-order valence-electron chi connectivity index (χ2n) is 6.51. The van der Waals surface area contributed by atoms with Crippen LogP contribution in [0.5, 0.6) is 0 Å². The minimum atomic E-state index is -0.829. The molecule has 2 aromatic carbocycles. The van der Waals surface area contributed by atoms with Crippen molar-refractivity contribution in [3.05, 3.63) is 77.1 Å². The summed E-state index contributed by atoms with van der Waals surface area (Å²) in [5, 5.41) is 8.45. The summed E-state index contributed by atoms with van der Waals surface area (Å²) in [4.78, 5) is 31.4. The average Bonchev–Trinajstić information content (AvgIpc) is 3.23. The minimum Gasteiger partial charge on any atom is -0.365 e. The molecule has 5 N–H and O–H groups in total. The van der Waals surface area contributed by atoms with E-state index in [1.165, 1.54) is 11.3 Å². The standard InChI is InChI=1S/C21H17FN6O2S/c22-15-9-14(18(23)30)20(26-13-6-7-16-17(8-13)31-11-25-16)28-21(15)27-19(24-10-29)12-4-2-1-3-5-12/h1-11,19H,(H2,23,30)(H,24,29)(H2,26,27,28)/t19-/m1/s1. The average molecular weight is 436 g/mol. The van der Waals surface area contributed by atoms with E-state index in [9.17, 15) is 14.0 Å². The van der Waals surface area contributed by atoms with Gasteiger partial charge in [0.1, 0.15) is 12.0 Å². The summed E-state index contributed by atoms with van der Waals surface area (Å²) in [5.41, 5.74) is 9.22. The number of hydrogen-bond donors (Lipinski definition) is 4. The molecule has 156 valence electrons. The van der Waals surface area contributed by atoms with Crippen LogP contribution in [0.3, 0.4) is 0 Å². The van der Waals surface area contributed by atoms with Gasteiger partial charge in [0.05, 0.1) is 21.3 Å². The molecule has 0 aliphatic heterocycles. The van der Waals surface area contributed by atoms with Crippen molar-refractivity contribution in [2.45, 2.75) is 6.17 Å². The fraction of sp³-hybridized carbons (Fsp3) is 0.0476. The van der Waals surface area contributed by atoms with Crippen LogP contribution in [-0.2, 0) is 4.79 Å². The highest BCUT2D eigenvalue weighted by atomic mass is 32.1. The zero-order chi connectivity index (χ0) is 21.8. The molecule has 0 bridgehead atoms. The molecule has 0 aliphatic carbocycles. The van der Waals surface area contributed by atoms with Crippen molar-refractivity contribution in [3.63, 3.8) is 0 Å². The number of carbonyl (C=O) groups is 2. The zero-order valence-electron chi connectivity index (χ0n) is 16.0. The fourth-order valence-corrected chi connectivity index (χ4v) is 3.73. The van der Waals surface area contributed by atoms with Crippen molar-refractivity contribution >= 4 is 51.2 Å². The van der Waals surface area contributed by atoms with Gasteiger partial charge in [0.15, 0.2) is 11.6 Å². The van der Waals surface area contributed by atoms with Crippen LogP contribution >= 0.6 is 11.3 Å². The molecule has 8 nitrogen and oxygen atoms in total. The van der Waals surface area contributed by atoms with E-state index in [-0.39, 0.29) is 17.2 Å². The van der Waals surface area contributed by atoms with Crippen LogP contribution in [-0.4, -0.2) is 22.3 Å². The topological polar surface area (TPSA) is 122 Å². The molecule has 2 aromatic heterocycles. The highest BCUT2D eigenvalue weighted by Crippen LogP contribution is 2.28. The summed E-state index contributed by atoms with van der Waals surface area (Å²) in [6.45, 7) is 0. The number of halogens is 1. The predicted octanol–water partition coefficient (Wildman–Crippen LogP) is 3.53. The normalized spacial score (nSPS) is 11.6. The SMILES string of the molecule is NC(=O)c1cc(F)c(N[C@@H](NC=O)c2ccccc2)nc1Nc1ccc2ncsc2c1. The highest BCUT2D eigenvalue weighted by Gasteiger charge is 2.19. The van der Waals surface area contributed by atoms with Gasteiger partial charge in [-0.1, -0.05) is 30.3 Å². The second-order valence-corrected chi connectivity index (χ2v) is 7.40. The van der Waals surface area contributed by atoms with Gasteiger partial charge < -0.3 is 21.7 Å². The number of nitrogens with two attached hydrogens (primary N) is 1. The number of amides is 2. The Labute approximate surface area is 180 Å². The van der Waals surface area contributed by atoms with Gasteiger partial charge >= 0.3 is 0 Å². The van der Waals surface area contributed by atoms with E-state index in [0.29, 0.717) is 17.7 Å². The number of anilines is 3. The Morgan fingerprint density at radius 2 is 1.94 bits per heavy atom. The van der Waals surface area contributed by atoms with Gasteiger partial charge in [-0.3, -0.25) is 9.59 Å². The third kappa shape index (κ3) is 4.43. The van der Waals surface area contributed by atoms with Crippen LogP contribution in [0.4, 0.5) is 21.7 Å². The van der Waals surface area contributed by atoms with E-state index in [1.54, 1.807) is 35.8 Å². The van der Waals surface area contributed by atoms with Crippen LogP contribution in [0, 0.1) is 5.82 Å². The molecule has 0 spiro atoms. The Bertz CT molecular complexity index is 1250. The van der Waals surface area contributed by atoms with E-state index in [2.05, 4.69) is 25.9 Å². The van der Waals surface area contributed by atoms with Crippen molar-refractivity contribution in [3.8, 4) is 0 Å². The van der Waals surface area contributed by atoms with Gasteiger partial charge in [-0.2, -0.15) is 0 Å². The summed E-state index contributed by atoms with van der Waals surface area (Å²) < 4.78 is 15.7. The largest absolute Gasteiger partial charge is 0.365 e. The van der Waals surface area contributed by atoms with Crippen molar-refractivity contribution in [1.29, 1.82) is 0 Å². The number of nitrogens with one attached hydrogen (secondary N) is 3. The molecule has 4 rings (SSSR count). The van der Waals surface area contributed by atoms with Crippen LogP contribution < -0.4 is 21.7 Å². The monoisotopic (exact) mass is 436 g/mol. The molecule has 0 unspecified atom stereocenters. The van der Waals surface area contributed by atoms with Crippen LogP contribution in [0.15, 0.2) is 60.1 Å². The van der Waals surface area contributed by atoms with E-state index in [0.717, 1.165) is 16.3 Å². The first-order chi connectivity index (χ1) is 15.0. The fourth-order valence-electron chi connectivity index (χ4n) is 3.01. The number of fused-ring (bicyclic) bond motifs is 1. The number of nitrogens with zero attached hydrogens (tertiary/aromatic N) is 2. The summed E-state index contributed by atoms with van der Waals surface area (Å²) in [5.74, 6) is -1.69. The molecule has 2 heterocycles. The number of rotatable bonds is 8. The molecule has 1 atom stereocenters. The number of benzene rings is 2. The Balaban J connectivity index is 1.70. The van der Waals surface area contributed by atoms with Gasteiger partial charge in [0, 0.05) is 5.69 Å². The zero-order valence-corrected chi connectivity index (χ0v) is 16.8. The van der Waals surface area contributed by atoms with Gasteiger partial charge in [0.2, 0.25) is 6.41 Å². The Morgan fingerprint density at radius 3 is 2.68 bits per heavy atom. The molecule has 4 aromatic rings. The Morgan fingerprint density at radius 1 is 1.13 bits per heavy atom. The number of thiazole rings is 1. The van der Waals surface area contributed by atoms with Gasteiger partial charge in [-0.25, -0.2) is 14.4 Å². The summed E-state index contributed by atoms with van der Waals surface area (Å²) in [7, 11) is 0. The van der Waals surface area contributed by atoms with E-state index in [4.69, 9.17) is 5.73 Å². The maximum atomic E-state index is 14.7. The molecule has 0 fully saturated rings. The first-order valence-electron chi connectivity index (χ1n) is 9.17. The first kappa shape index (κ1) is 20.2. The lowest BCUT2D eigenvalue weighted by atomic mass is 10.1. The van der Waals surface area contributed by atoms with Crippen molar-refractivity contribution in [1.82, 2.24) is 15.3 Å². The second kappa shape index (κ2) is 8.76. The lowest BCUT2D eigenvalue weighted by Crippen LogP contribution is -2.28. The Kier molecular flexibility index (Phi) is 5.72. The number of hydrogen-bond acceptors (Lipinski definition) is 7. The third-order valence-corrected chi connectivity index (χ3v) is 5.28. The van der Waals surface area contributed by atoms with Gasteiger partial charge in [-0.05, 0) is 29.8 Å². The number of carbonyl (C=O) groups excluding carboxylic acids is 2. The van der Waals surface area contributed by atoms with Crippen LogP contribution in [0.2, 0.25) is 0 Å². The van der Waals surface area contributed by atoms with Gasteiger partial charge in [-0.15, -0.1) is 11.3 Å². The summed E-state index contributed by atoms with van der Waals surface area (Å²) >= 11 is 1.46. The molecule has 31 heavy (non-hydrogen) atoms. The predicted molar refractivity (Wildman–Crippen MR) is 118 cm³/mol. The van der Waals surface area contributed by atoms with E-state index >= 15 is 0 Å². The lowest BCUT2D eigenvalue weighted by molar-refractivity contribution is -0.110. The molecule has 0 radical (unpaired) electrons. The minimum absolute atomic E-state index is 0.0816. The molecular weight excluding hydrogens is 419 g/mol. The van der Waals surface area contributed by atoms with E-state index < -0.39 is 17.9 Å². The molecule has 10 heteroatoms. The Hall–Kier alpha value is -4.05. The maximum absolute atomic E-state index is 14.7. The maximum Gasteiger partial charge on any atom is 0.252 e. The number of aromatic nitrogens is 2. The summed E-state index contributed by atoms with van der Waals surface area (Å²) in [6.07, 6.45) is -0.231. The highest BCUT2D eigenvalue weighted by molar-refractivity contribution is 7.16. The summed E-state index contributed by atoms with van der Waals surface area (Å²) in [6, 6.07) is 15.4. The van der Waals surface area contributed by atoms with Crippen molar-refractivity contribution in [2.75, 3.05) is 10.6 Å². The van der Waals surface area contributed by atoms with Crippen LogP contribution in [0.1, 0.15) is 22.1 Å². The van der Waals surface area contributed by atoms with Crippen molar-refractivity contribution < 1.29 is 14.0 Å². The molecule has 0 saturated heterocycles.